The highest BCUT2D eigenvalue weighted by Crippen LogP contribution is 2.39. The molecule has 2 aliphatic rings. The molecule has 1 atom stereocenters. The van der Waals surface area contributed by atoms with Gasteiger partial charge in [-0.15, -0.1) is 0 Å². The number of carbonyl (C=O) groups is 1. The lowest BCUT2D eigenvalue weighted by molar-refractivity contribution is 0.0963. The van der Waals surface area contributed by atoms with Gasteiger partial charge in [-0.1, -0.05) is 25.4 Å². The molecule has 0 amide bonds. The molecule has 5 rings (SSSR count). The lowest BCUT2D eigenvalue weighted by atomic mass is 9.93. The third kappa shape index (κ3) is 6.05. The van der Waals surface area contributed by atoms with Gasteiger partial charge in [-0.25, -0.2) is 4.98 Å². The van der Waals surface area contributed by atoms with Gasteiger partial charge in [0.25, 0.3) is 0 Å². The van der Waals surface area contributed by atoms with Crippen LogP contribution in [0.2, 0.25) is 5.02 Å². The number of Topliss-reactive ketones (excluding diaryl/α,β-unsaturated/α-hetero) is 1. The van der Waals surface area contributed by atoms with Gasteiger partial charge >= 0.3 is 0 Å². The number of aromatic nitrogens is 4. The third-order valence-corrected chi connectivity index (χ3v) is 6.89. The summed E-state index contributed by atoms with van der Waals surface area (Å²) in [6.07, 6.45) is 7.23. The summed E-state index contributed by atoms with van der Waals surface area (Å²) < 4.78 is 7.89. The normalized spacial score (nSPS) is 17.3. The summed E-state index contributed by atoms with van der Waals surface area (Å²) in [5.74, 6) is 2.27. The Balaban J connectivity index is 1.41. The highest BCUT2D eigenvalue weighted by molar-refractivity contribution is 6.33. The number of halogens is 1. The van der Waals surface area contributed by atoms with Gasteiger partial charge in [-0.2, -0.15) is 10.1 Å². The van der Waals surface area contributed by atoms with Crippen molar-refractivity contribution in [2.75, 3.05) is 23.7 Å². The fourth-order valence-electron chi connectivity index (χ4n) is 4.64. The van der Waals surface area contributed by atoms with E-state index in [9.17, 15) is 4.79 Å². The van der Waals surface area contributed by atoms with Gasteiger partial charge in [0.2, 0.25) is 5.95 Å². The molecule has 1 unspecified atom stereocenters. The molecule has 0 bridgehead atoms. The fraction of sp³-hybridized carbons (Fsp3) is 0.481. The Bertz CT molecular complexity index is 1300. The first kappa shape index (κ1) is 25.5. The highest BCUT2D eigenvalue weighted by atomic mass is 35.5. The van der Waals surface area contributed by atoms with Crippen LogP contribution >= 0.6 is 11.6 Å². The minimum atomic E-state index is -0.0310. The van der Waals surface area contributed by atoms with Gasteiger partial charge in [0, 0.05) is 26.2 Å². The van der Waals surface area contributed by atoms with E-state index in [1.165, 1.54) is 17.3 Å². The van der Waals surface area contributed by atoms with Crippen molar-refractivity contribution in [3.8, 4) is 5.75 Å². The molecular formula is C27H34ClN7O2. The number of aryl methyl sites for hydroxylation is 2. The van der Waals surface area contributed by atoms with Gasteiger partial charge < -0.3 is 20.7 Å². The minimum Gasteiger partial charge on any atom is -0.488 e. The Morgan fingerprint density at radius 1 is 1.24 bits per heavy atom. The number of ketones is 1. The number of benzene rings is 1. The van der Waals surface area contributed by atoms with E-state index < -0.39 is 0 Å². The van der Waals surface area contributed by atoms with Crippen molar-refractivity contribution in [3.63, 3.8) is 0 Å². The zero-order chi connectivity index (χ0) is 26.1. The Morgan fingerprint density at radius 3 is 2.76 bits per heavy atom. The van der Waals surface area contributed by atoms with Crippen molar-refractivity contribution in [3.05, 3.63) is 46.4 Å². The van der Waals surface area contributed by atoms with E-state index in [0.717, 1.165) is 43.8 Å². The molecule has 3 aromatic rings. The largest absolute Gasteiger partial charge is 0.488 e. The van der Waals surface area contributed by atoms with Crippen LogP contribution < -0.4 is 20.7 Å². The van der Waals surface area contributed by atoms with Crippen LogP contribution in [0.3, 0.4) is 0 Å². The molecular weight excluding hydrogens is 490 g/mol. The summed E-state index contributed by atoms with van der Waals surface area (Å²) >= 11 is 6.44. The molecule has 1 aliphatic heterocycles. The van der Waals surface area contributed by atoms with Crippen molar-refractivity contribution < 1.29 is 9.53 Å². The van der Waals surface area contributed by atoms with E-state index in [4.69, 9.17) is 16.3 Å². The average Bonchev–Trinajstić information content (AvgIpc) is 3.33. The summed E-state index contributed by atoms with van der Waals surface area (Å²) in [6, 6.07) is 4.28. The molecule has 0 radical (unpaired) electrons. The highest BCUT2D eigenvalue weighted by Gasteiger charge is 2.27. The van der Waals surface area contributed by atoms with Gasteiger partial charge in [0.05, 0.1) is 23.7 Å². The number of nitrogens with zero attached hydrogens (tertiary/aromatic N) is 4. The number of anilines is 4. The van der Waals surface area contributed by atoms with Gasteiger partial charge in [-0.3, -0.25) is 9.48 Å². The smallest absolute Gasteiger partial charge is 0.229 e. The van der Waals surface area contributed by atoms with Crippen LogP contribution in [0.4, 0.5) is 23.1 Å². The van der Waals surface area contributed by atoms with E-state index >= 15 is 0 Å². The van der Waals surface area contributed by atoms with Crippen molar-refractivity contribution >= 4 is 40.5 Å². The molecule has 196 valence electrons. The number of rotatable bonds is 10. The second-order valence-corrected chi connectivity index (χ2v) is 10.8. The zero-order valence-electron chi connectivity index (χ0n) is 21.8. The van der Waals surface area contributed by atoms with Crippen LogP contribution in [-0.4, -0.2) is 44.7 Å². The van der Waals surface area contributed by atoms with Crippen molar-refractivity contribution in [1.29, 1.82) is 0 Å². The third-order valence-electron chi connectivity index (χ3n) is 6.62. The molecule has 3 N–H and O–H groups in total. The summed E-state index contributed by atoms with van der Waals surface area (Å²) in [6.45, 7) is 8.18. The predicted octanol–water partition coefficient (Wildman–Crippen LogP) is 5.51. The lowest BCUT2D eigenvalue weighted by Crippen LogP contribution is -2.10. The monoisotopic (exact) mass is 523 g/mol. The van der Waals surface area contributed by atoms with Crippen LogP contribution in [0.5, 0.6) is 5.75 Å². The maximum Gasteiger partial charge on any atom is 0.229 e. The van der Waals surface area contributed by atoms with Crippen molar-refractivity contribution in [1.82, 2.24) is 25.1 Å². The number of nitrogens with one attached hydrogen (secondary N) is 3. The van der Waals surface area contributed by atoms with E-state index in [0.29, 0.717) is 40.5 Å². The van der Waals surface area contributed by atoms with Crippen LogP contribution in [0.25, 0.3) is 0 Å². The number of hydrogen-bond acceptors (Lipinski definition) is 8. The molecule has 2 fully saturated rings. The second-order valence-electron chi connectivity index (χ2n) is 10.4. The zero-order valence-corrected chi connectivity index (χ0v) is 22.5. The Kier molecular flexibility index (Phi) is 7.35. The van der Waals surface area contributed by atoms with E-state index in [1.807, 2.05) is 13.8 Å². The first-order chi connectivity index (χ1) is 17.8. The van der Waals surface area contributed by atoms with Gasteiger partial charge in [0.1, 0.15) is 10.8 Å². The molecule has 0 spiro atoms. The SMILES string of the molecule is Cc1cc(Nc2ncc(Cl)c(Nc3cn(C)nc3C(=O)CC(C)C)n2)c(OC2CC2)cc1C1CCNC1. The van der Waals surface area contributed by atoms with Crippen molar-refractivity contribution in [2.45, 2.75) is 58.5 Å². The summed E-state index contributed by atoms with van der Waals surface area (Å²) in [5.41, 5.74) is 4.27. The minimum absolute atomic E-state index is 0.0310. The Hall–Kier alpha value is -3.17. The molecule has 1 saturated heterocycles. The molecule has 2 aromatic heterocycles. The van der Waals surface area contributed by atoms with E-state index in [1.54, 1.807) is 17.9 Å². The van der Waals surface area contributed by atoms with Crippen molar-refractivity contribution in [2.24, 2.45) is 13.0 Å². The molecule has 10 heteroatoms. The molecule has 9 nitrogen and oxygen atoms in total. The number of hydrogen-bond donors (Lipinski definition) is 3. The van der Waals surface area contributed by atoms with Gasteiger partial charge in [0.15, 0.2) is 17.3 Å². The second kappa shape index (κ2) is 10.7. The number of carbonyl (C=O) groups excluding carboxylic acids is 1. The predicted molar refractivity (Wildman–Crippen MR) is 146 cm³/mol. The van der Waals surface area contributed by atoms with Crippen LogP contribution in [0, 0.1) is 12.8 Å². The maximum absolute atomic E-state index is 12.7. The first-order valence-electron chi connectivity index (χ1n) is 12.9. The molecule has 1 saturated carbocycles. The topological polar surface area (TPSA) is 106 Å². The standard InChI is InChI=1S/C27H34ClN7O2/c1-15(2)9-23(36)25-22(14-35(4)34-25)31-26-20(28)13-30-27(33-26)32-21-10-16(3)19(17-7-8-29-12-17)11-24(21)37-18-5-6-18/h10-11,13-15,17-18,29H,5-9,12H2,1-4H3,(H2,30,31,32,33). The summed E-state index contributed by atoms with van der Waals surface area (Å²) in [5, 5.41) is 14.7. The quantitative estimate of drug-likeness (QED) is 0.299. The summed E-state index contributed by atoms with van der Waals surface area (Å²) in [7, 11) is 1.78. The molecule has 1 aromatic carbocycles. The Morgan fingerprint density at radius 2 is 2.05 bits per heavy atom. The molecule has 3 heterocycles. The average molecular weight is 524 g/mol. The lowest BCUT2D eigenvalue weighted by Gasteiger charge is -2.19. The first-order valence-corrected chi connectivity index (χ1v) is 13.3. The number of ether oxygens (including phenoxy) is 1. The summed E-state index contributed by atoms with van der Waals surface area (Å²) in [4.78, 5) is 21.8. The Labute approximate surface area is 222 Å². The van der Waals surface area contributed by atoms with Gasteiger partial charge in [-0.05, 0) is 67.8 Å². The van der Waals surface area contributed by atoms with Crippen LogP contribution in [0.1, 0.15) is 67.1 Å². The maximum atomic E-state index is 12.7. The van der Waals surface area contributed by atoms with Crippen LogP contribution in [-0.2, 0) is 7.05 Å². The molecule has 37 heavy (non-hydrogen) atoms. The van der Waals surface area contributed by atoms with Crippen LogP contribution in [0.15, 0.2) is 24.5 Å². The molecule has 1 aliphatic carbocycles. The fourth-order valence-corrected chi connectivity index (χ4v) is 4.78. The van der Waals surface area contributed by atoms with E-state index in [-0.39, 0.29) is 17.8 Å². The van der Waals surface area contributed by atoms with E-state index in [2.05, 4.69) is 50.1 Å².